The van der Waals surface area contributed by atoms with E-state index in [9.17, 15) is 0 Å². The molecule has 0 nitrogen and oxygen atoms in total. The minimum atomic E-state index is 0.234. The van der Waals surface area contributed by atoms with E-state index >= 15 is 0 Å². The van der Waals surface area contributed by atoms with Gasteiger partial charge in [-0.2, -0.15) is 12.6 Å². The Labute approximate surface area is 232 Å². The van der Waals surface area contributed by atoms with E-state index in [0.29, 0.717) is 17.3 Å². The molecule has 0 aliphatic rings. The summed E-state index contributed by atoms with van der Waals surface area (Å²) in [7, 11) is 0. The number of aryl methyl sites for hydroxylation is 1. The van der Waals surface area contributed by atoms with Crippen LogP contribution in [0.25, 0.3) is 21.5 Å². The van der Waals surface area contributed by atoms with E-state index < -0.39 is 0 Å². The van der Waals surface area contributed by atoms with Gasteiger partial charge in [0, 0.05) is 0 Å². The number of hydrogen-bond acceptors (Lipinski definition) is 1. The van der Waals surface area contributed by atoms with E-state index in [4.69, 9.17) is 0 Å². The summed E-state index contributed by atoms with van der Waals surface area (Å²) in [6.07, 6.45) is 3.44. The van der Waals surface area contributed by atoms with Gasteiger partial charge in [0.25, 0.3) is 0 Å². The molecule has 4 rings (SSSR count). The maximum Gasteiger partial charge on any atom is -0.00238 e. The molecular weight excluding hydrogens is 464 g/mol. The Kier molecular flexibility index (Phi) is 9.92. The fourth-order valence-corrected chi connectivity index (χ4v) is 5.80. The first-order chi connectivity index (χ1) is 17.4. The van der Waals surface area contributed by atoms with Crippen LogP contribution in [-0.4, -0.2) is 5.75 Å². The monoisotopic (exact) mass is 512 g/mol. The molecule has 2 unspecified atom stereocenters. The zero-order valence-electron chi connectivity index (χ0n) is 24.4. The number of fused-ring (bicyclic) bond motifs is 2. The van der Waals surface area contributed by atoms with Gasteiger partial charge in [0.15, 0.2) is 0 Å². The molecule has 0 radical (unpaired) electrons. The SMILES string of the molecule is CC(C)(C)C.CC(CCc1c2ccccc2cc2ccccc12)Cc1ccc(C(CS)C(C)(C)C)cc1. The molecule has 2 atom stereocenters. The lowest BCUT2D eigenvalue weighted by Crippen LogP contribution is -2.19. The zero-order chi connectivity index (χ0) is 27.2. The van der Waals surface area contributed by atoms with Crippen molar-refractivity contribution in [3.63, 3.8) is 0 Å². The van der Waals surface area contributed by atoms with Gasteiger partial charge in [0.2, 0.25) is 0 Å². The molecule has 0 saturated carbocycles. The molecule has 4 aromatic carbocycles. The maximum absolute atomic E-state index is 4.62. The van der Waals surface area contributed by atoms with Gasteiger partial charge < -0.3 is 0 Å². The van der Waals surface area contributed by atoms with Crippen LogP contribution in [0.4, 0.5) is 0 Å². The Bertz CT molecular complexity index is 1210. The number of benzene rings is 4. The predicted octanol–water partition coefficient (Wildman–Crippen LogP) is 10.9. The van der Waals surface area contributed by atoms with Gasteiger partial charge in [-0.05, 0) is 92.0 Å². The molecule has 0 bridgehead atoms. The van der Waals surface area contributed by atoms with Gasteiger partial charge in [-0.1, -0.05) is 128 Å². The average molecular weight is 513 g/mol. The summed E-state index contributed by atoms with van der Waals surface area (Å²) in [6.45, 7) is 18.1. The third-order valence-electron chi connectivity index (χ3n) is 6.96. The first kappa shape index (κ1) is 29.3. The molecule has 0 fully saturated rings. The van der Waals surface area contributed by atoms with Crippen molar-refractivity contribution in [1.29, 1.82) is 0 Å². The molecule has 1 heteroatoms. The van der Waals surface area contributed by atoms with Gasteiger partial charge >= 0.3 is 0 Å². The van der Waals surface area contributed by atoms with E-state index in [0.717, 1.165) is 18.6 Å². The van der Waals surface area contributed by atoms with E-state index in [1.54, 1.807) is 0 Å². The van der Waals surface area contributed by atoms with E-state index in [1.807, 2.05) is 0 Å². The topological polar surface area (TPSA) is 0 Å². The Morgan fingerprint density at radius 2 is 1.19 bits per heavy atom. The molecule has 0 aliphatic heterocycles. The van der Waals surface area contributed by atoms with E-state index in [1.165, 1.54) is 44.7 Å². The third-order valence-corrected chi connectivity index (χ3v) is 7.33. The molecule has 0 aliphatic carbocycles. The van der Waals surface area contributed by atoms with Crippen molar-refractivity contribution >= 4 is 34.2 Å². The van der Waals surface area contributed by atoms with Crippen molar-refractivity contribution in [1.82, 2.24) is 0 Å². The van der Waals surface area contributed by atoms with Gasteiger partial charge in [-0.25, -0.2) is 0 Å². The van der Waals surface area contributed by atoms with E-state index in [-0.39, 0.29) is 5.41 Å². The van der Waals surface area contributed by atoms with Crippen LogP contribution in [0, 0.1) is 16.7 Å². The van der Waals surface area contributed by atoms with Crippen LogP contribution in [0.15, 0.2) is 78.9 Å². The fourth-order valence-electron chi connectivity index (χ4n) is 5.04. The van der Waals surface area contributed by atoms with Gasteiger partial charge in [0.05, 0.1) is 0 Å². The standard InChI is InChI=1S/C31H36S.C5H12/c1-22(19-23-14-16-24(17-15-23)30(21-32)31(2,3)4)13-18-29-27-11-7-5-9-25(27)20-26-10-6-8-12-28(26)29;1-5(2,3)4/h5-12,14-17,20,22,30,32H,13,18-19,21H2,1-4H3;1-4H3. The first-order valence-corrected chi connectivity index (χ1v) is 14.6. The Morgan fingerprint density at radius 1 is 0.703 bits per heavy atom. The van der Waals surface area contributed by atoms with Crippen molar-refractivity contribution in [2.75, 3.05) is 5.75 Å². The highest BCUT2D eigenvalue weighted by atomic mass is 32.1. The van der Waals surface area contributed by atoms with Crippen LogP contribution in [0.1, 0.15) is 84.4 Å². The lowest BCUT2D eigenvalue weighted by Gasteiger charge is -2.30. The molecule has 0 spiro atoms. The molecule has 0 saturated heterocycles. The molecule has 0 aromatic heterocycles. The highest BCUT2D eigenvalue weighted by Gasteiger charge is 2.24. The highest BCUT2D eigenvalue weighted by molar-refractivity contribution is 7.80. The molecule has 37 heavy (non-hydrogen) atoms. The Morgan fingerprint density at radius 3 is 1.65 bits per heavy atom. The van der Waals surface area contributed by atoms with E-state index in [2.05, 4.69) is 147 Å². The number of rotatable bonds is 7. The van der Waals surface area contributed by atoms with Crippen molar-refractivity contribution in [2.24, 2.45) is 16.7 Å². The number of thiol groups is 1. The normalized spacial score (nSPS) is 13.8. The van der Waals surface area contributed by atoms with Gasteiger partial charge in [-0.15, -0.1) is 0 Å². The second-order valence-electron chi connectivity index (χ2n) is 13.5. The minimum Gasteiger partial charge on any atom is -0.179 e. The van der Waals surface area contributed by atoms with Crippen LogP contribution < -0.4 is 0 Å². The van der Waals surface area contributed by atoms with Crippen LogP contribution in [-0.2, 0) is 12.8 Å². The summed E-state index contributed by atoms with van der Waals surface area (Å²) < 4.78 is 0. The van der Waals surface area contributed by atoms with Gasteiger partial charge in [-0.3, -0.25) is 0 Å². The summed E-state index contributed by atoms with van der Waals surface area (Å²) in [5.74, 6) is 2.01. The second-order valence-corrected chi connectivity index (χ2v) is 13.9. The molecule has 0 heterocycles. The van der Waals surface area contributed by atoms with Crippen molar-refractivity contribution < 1.29 is 0 Å². The average Bonchev–Trinajstić information content (AvgIpc) is 2.81. The Balaban J connectivity index is 0.000000695. The van der Waals surface area contributed by atoms with Crippen LogP contribution in [0.2, 0.25) is 0 Å². The molecule has 0 amide bonds. The second kappa shape index (κ2) is 12.5. The van der Waals surface area contributed by atoms with Crippen LogP contribution in [0.3, 0.4) is 0 Å². The molecular formula is C36H48S. The molecule has 4 aromatic rings. The predicted molar refractivity (Wildman–Crippen MR) is 170 cm³/mol. The van der Waals surface area contributed by atoms with Crippen LogP contribution >= 0.6 is 12.6 Å². The molecule has 198 valence electrons. The summed E-state index contributed by atoms with van der Waals surface area (Å²) in [4.78, 5) is 0. The van der Waals surface area contributed by atoms with Gasteiger partial charge in [0.1, 0.15) is 0 Å². The lowest BCUT2D eigenvalue weighted by molar-refractivity contribution is 0.344. The Hall–Kier alpha value is -2.25. The molecule has 0 N–H and O–H groups in total. The van der Waals surface area contributed by atoms with Crippen molar-refractivity contribution in [3.05, 3.63) is 95.6 Å². The van der Waals surface area contributed by atoms with Crippen molar-refractivity contribution in [3.8, 4) is 0 Å². The number of hydrogen-bond donors (Lipinski definition) is 1. The minimum absolute atomic E-state index is 0.234. The third kappa shape index (κ3) is 8.64. The zero-order valence-corrected chi connectivity index (χ0v) is 25.3. The largest absolute Gasteiger partial charge is 0.179 e. The van der Waals surface area contributed by atoms with Crippen molar-refractivity contribution in [2.45, 2.75) is 80.6 Å². The summed E-state index contributed by atoms with van der Waals surface area (Å²) >= 11 is 4.62. The maximum atomic E-state index is 4.62. The lowest BCUT2D eigenvalue weighted by atomic mass is 9.77. The highest BCUT2D eigenvalue weighted by Crippen LogP contribution is 2.36. The van der Waals surface area contributed by atoms with Crippen LogP contribution in [0.5, 0.6) is 0 Å². The quantitative estimate of drug-likeness (QED) is 0.185. The first-order valence-electron chi connectivity index (χ1n) is 14.0. The summed E-state index contributed by atoms with van der Waals surface area (Å²) in [5, 5.41) is 5.51. The fraction of sp³-hybridized carbons (Fsp3) is 0.444. The smallest absolute Gasteiger partial charge is 0.00238 e. The summed E-state index contributed by atoms with van der Waals surface area (Å²) in [5.41, 5.74) is 5.09. The summed E-state index contributed by atoms with van der Waals surface area (Å²) in [6, 6.07) is 29.3.